The smallest absolute Gasteiger partial charge is 0.265 e. The fraction of sp³-hybridized carbons (Fsp3) is 0.0909. The van der Waals surface area contributed by atoms with Crippen LogP contribution < -0.4 is 21.7 Å². The minimum atomic E-state index is -0.531. The molecule has 0 saturated heterocycles. The number of halogens is 1. The molecular formula is C22H19ClN4O4S. The van der Waals surface area contributed by atoms with Crippen molar-refractivity contribution in [3.05, 3.63) is 81.0 Å². The molecule has 10 heteroatoms. The summed E-state index contributed by atoms with van der Waals surface area (Å²) >= 11 is 7.46. The second-order valence-corrected chi connectivity index (χ2v) is 7.95. The molecule has 0 radical (unpaired) electrons. The van der Waals surface area contributed by atoms with Crippen LogP contribution in [0.25, 0.3) is 0 Å². The Morgan fingerprint density at radius 3 is 2.34 bits per heavy atom. The Bertz CT molecular complexity index is 1160. The predicted molar refractivity (Wildman–Crippen MR) is 124 cm³/mol. The van der Waals surface area contributed by atoms with Gasteiger partial charge in [0.05, 0.1) is 26.8 Å². The molecule has 0 bridgehead atoms. The third kappa shape index (κ3) is 5.93. The van der Waals surface area contributed by atoms with E-state index in [4.69, 9.17) is 17.3 Å². The van der Waals surface area contributed by atoms with Crippen LogP contribution >= 0.6 is 22.9 Å². The molecule has 8 nitrogen and oxygen atoms in total. The number of primary amides is 1. The molecule has 3 rings (SSSR count). The van der Waals surface area contributed by atoms with Crippen LogP contribution in [0, 0.1) is 0 Å². The van der Waals surface area contributed by atoms with E-state index in [1.165, 1.54) is 29.5 Å². The molecule has 0 spiro atoms. The summed E-state index contributed by atoms with van der Waals surface area (Å²) in [5, 5.41) is 10.0. The van der Waals surface area contributed by atoms with Gasteiger partial charge in [-0.25, -0.2) is 0 Å². The van der Waals surface area contributed by atoms with Crippen molar-refractivity contribution >= 4 is 57.9 Å². The number of anilines is 2. The Labute approximate surface area is 192 Å². The quantitative estimate of drug-likeness (QED) is 0.401. The zero-order valence-corrected chi connectivity index (χ0v) is 18.3. The number of para-hydroxylation sites is 1. The van der Waals surface area contributed by atoms with Crippen molar-refractivity contribution < 1.29 is 19.2 Å². The molecular weight excluding hydrogens is 452 g/mol. The minimum Gasteiger partial charge on any atom is -0.370 e. The van der Waals surface area contributed by atoms with E-state index in [1.807, 2.05) is 0 Å². The molecule has 1 heterocycles. The Morgan fingerprint density at radius 2 is 1.62 bits per heavy atom. The maximum atomic E-state index is 12.8. The lowest BCUT2D eigenvalue weighted by Gasteiger charge is -2.12. The first-order valence-corrected chi connectivity index (χ1v) is 10.7. The standard InChI is InChI=1S/C22H19ClN4O4S/c23-15-8-7-13(12-17(15)27-22(31)18-6-3-11-32-18)20(29)26-16-5-2-1-4-14(16)21(30)25-10-9-19(24)28/h1-8,11-12H,9-10H2,(H2,24,28)(H,25,30)(H,26,29)(H,27,31). The van der Waals surface area contributed by atoms with Crippen molar-refractivity contribution in [1.82, 2.24) is 5.32 Å². The number of hydrogen-bond acceptors (Lipinski definition) is 5. The number of nitrogens with one attached hydrogen (secondary N) is 3. The molecule has 3 aromatic rings. The van der Waals surface area contributed by atoms with Gasteiger partial charge in [-0.2, -0.15) is 0 Å². The van der Waals surface area contributed by atoms with Crippen molar-refractivity contribution in [3.63, 3.8) is 0 Å². The van der Waals surface area contributed by atoms with Gasteiger partial charge in [-0.1, -0.05) is 29.8 Å². The van der Waals surface area contributed by atoms with Crippen LogP contribution in [0.1, 0.15) is 36.8 Å². The summed E-state index contributed by atoms with van der Waals surface area (Å²) in [6.07, 6.45) is 0.00497. The second-order valence-electron chi connectivity index (χ2n) is 6.60. The SMILES string of the molecule is NC(=O)CCNC(=O)c1ccccc1NC(=O)c1ccc(Cl)c(NC(=O)c2cccs2)c1. The fourth-order valence-electron chi connectivity index (χ4n) is 2.73. The lowest BCUT2D eigenvalue weighted by Crippen LogP contribution is -2.28. The van der Waals surface area contributed by atoms with Crippen molar-refractivity contribution in [2.24, 2.45) is 5.73 Å². The number of rotatable bonds is 8. The van der Waals surface area contributed by atoms with Crippen LogP contribution in [0.4, 0.5) is 11.4 Å². The Hall–Kier alpha value is -3.69. The molecule has 0 fully saturated rings. The monoisotopic (exact) mass is 470 g/mol. The lowest BCUT2D eigenvalue weighted by molar-refractivity contribution is -0.117. The summed E-state index contributed by atoms with van der Waals surface area (Å²) in [7, 11) is 0. The molecule has 0 aliphatic heterocycles. The van der Waals surface area contributed by atoms with E-state index >= 15 is 0 Å². The fourth-order valence-corrected chi connectivity index (χ4v) is 3.52. The third-order valence-corrected chi connectivity index (χ3v) is 5.50. The average molecular weight is 471 g/mol. The maximum Gasteiger partial charge on any atom is 0.265 e. The lowest BCUT2D eigenvalue weighted by atomic mass is 10.1. The highest BCUT2D eigenvalue weighted by atomic mass is 35.5. The van der Waals surface area contributed by atoms with E-state index in [1.54, 1.807) is 41.8 Å². The highest BCUT2D eigenvalue weighted by Gasteiger charge is 2.16. The molecule has 5 N–H and O–H groups in total. The van der Waals surface area contributed by atoms with Crippen molar-refractivity contribution in [2.75, 3.05) is 17.2 Å². The first kappa shape index (κ1) is 23.0. The van der Waals surface area contributed by atoms with Crippen molar-refractivity contribution in [3.8, 4) is 0 Å². The van der Waals surface area contributed by atoms with E-state index in [0.717, 1.165) is 0 Å². The molecule has 164 valence electrons. The zero-order valence-electron chi connectivity index (χ0n) is 16.7. The number of benzene rings is 2. The predicted octanol–water partition coefficient (Wildman–Crippen LogP) is 3.51. The largest absolute Gasteiger partial charge is 0.370 e. The summed E-state index contributed by atoms with van der Waals surface area (Å²) in [6, 6.07) is 14.3. The normalized spacial score (nSPS) is 10.3. The topological polar surface area (TPSA) is 130 Å². The Morgan fingerprint density at radius 1 is 0.875 bits per heavy atom. The summed E-state index contributed by atoms with van der Waals surface area (Å²) in [5.41, 5.74) is 6.11. The van der Waals surface area contributed by atoms with Gasteiger partial charge in [0.25, 0.3) is 17.7 Å². The summed E-state index contributed by atoms with van der Waals surface area (Å²) in [4.78, 5) is 48.9. The summed E-state index contributed by atoms with van der Waals surface area (Å²) in [6.45, 7) is 0.0843. The molecule has 0 saturated carbocycles. The molecule has 32 heavy (non-hydrogen) atoms. The van der Waals surface area contributed by atoms with Gasteiger partial charge in [-0.05, 0) is 41.8 Å². The Balaban J connectivity index is 1.74. The van der Waals surface area contributed by atoms with Gasteiger partial charge in [0.15, 0.2) is 0 Å². The number of carbonyl (C=O) groups is 4. The van der Waals surface area contributed by atoms with Crippen LogP contribution in [0.15, 0.2) is 60.0 Å². The molecule has 0 aliphatic rings. The maximum absolute atomic E-state index is 12.8. The van der Waals surface area contributed by atoms with Crippen LogP contribution in [0.5, 0.6) is 0 Å². The zero-order chi connectivity index (χ0) is 23.1. The average Bonchev–Trinajstić information content (AvgIpc) is 3.30. The molecule has 0 aliphatic carbocycles. The van der Waals surface area contributed by atoms with E-state index < -0.39 is 17.7 Å². The Kier molecular flexibility index (Phi) is 7.58. The van der Waals surface area contributed by atoms with Gasteiger partial charge in [0, 0.05) is 18.5 Å². The first-order valence-electron chi connectivity index (χ1n) is 9.46. The highest BCUT2D eigenvalue weighted by Crippen LogP contribution is 2.25. The van der Waals surface area contributed by atoms with Gasteiger partial charge in [-0.15, -0.1) is 11.3 Å². The van der Waals surface area contributed by atoms with Crippen LogP contribution in [-0.4, -0.2) is 30.2 Å². The van der Waals surface area contributed by atoms with Gasteiger partial charge in [0.2, 0.25) is 5.91 Å². The van der Waals surface area contributed by atoms with Crippen molar-refractivity contribution in [1.29, 1.82) is 0 Å². The first-order chi connectivity index (χ1) is 15.3. The molecule has 1 aromatic heterocycles. The minimum absolute atomic E-state index is 0.00497. The number of carbonyl (C=O) groups excluding carboxylic acids is 4. The van der Waals surface area contributed by atoms with E-state index in [-0.39, 0.29) is 46.4 Å². The van der Waals surface area contributed by atoms with Gasteiger partial charge < -0.3 is 21.7 Å². The number of thiophene rings is 1. The highest BCUT2D eigenvalue weighted by molar-refractivity contribution is 7.12. The third-order valence-electron chi connectivity index (χ3n) is 4.30. The second kappa shape index (κ2) is 10.6. The van der Waals surface area contributed by atoms with Gasteiger partial charge in [0.1, 0.15) is 0 Å². The van der Waals surface area contributed by atoms with E-state index in [0.29, 0.717) is 4.88 Å². The van der Waals surface area contributed by atoms with E-state index in [9.17, 15) is 19.2 Å². The van der Waals surface area contributed by atoms with Crippen LogP contribution in [0.3, 0.4) is 0 Å². The van der Waals surface area contributed by atoms with E-state index in [2.05, 4.69) is 16.0 Å². The van der Waals surface area contributed by atoms with Crippen LogP contribution in [-0.2, 0) is 4.79 Å². The van der Waals surface area contributed by atoms with Crippen molar-refractivity contribution in [2.45, 2.75) is 6.42 Å². The number of nitrogens with two attached hydrogens (primary N) is 1. The van der Waals surface area contributed by atoms with Crippen LogP contribution in [0.2, 0.25) is 5.02 Å². The molecule has 0 atom stereocenters. The van der Waals surface area contributed by atoms with Gasteiger partial charge in [-0.3, -0.25) is 19.2 Å². The van der Waals surface area contributed by atoms with Gasteiger partial charge >= 0.3 is 0 Å². The number of amides is 4. The molecule has 0 unspecified atom stereocenters. The molecule has 4 amide bonds. The number of hydrogen-bond donors (Lipinski definition) is 4. The molecule has 2 aromatic carbocycles. The summed E-state index contributed by atoms with van der Waals surface area (Å²) < 4.78 is 0. The summed E-state index contributed by atoms with van der Waals surface area (Å²) in [5.74, 6) is -1.82.